The van der Waals surface area contributed by atoms with Crippen molar-refractivity contribution in [1.82, 2.24) is 0 Å². The third kappa shape index (κ3) is 36.7. The second-order valence-corrected chi connectivity index (χ2v) is 3.93. The van der Waals surface area contributed by atoms with Crippen molar-refractivity contribution in [3.8, 4) is 0 Å². The number of alkyl halides is 3. The van der Waals surface area contributed by atoms with E-state index in [1.54, 1.807) is 0 Å². The molecule has 0 amide bonds. The smallest absolute Gasteiger partial charge is 0.0874 e. The molecular weight excluding hydrogens is 190 g/mol. The Balaban J connectivity index is 0. The summed E-state index contributed by atoms with van der Waals surface area (Å²) in [6.07, 6.45) is 5.54. The molecule has 0 fully saturated rings. The Labute approximate surface area is 78.8 Å². The molecule has 0 radical (unpaired) electrons. The first-order chi connectivity index (χ1) is 4.65. The third-order valence-corrected chi connectivity index (χ3v) is 0.957. The lowest BCUT2D eigenvalue weighted by Gasteiger charge is -1.86. The lowest BCUT2D eigenvalue weighted by molar-refractivity contribution is 0.702. The molecule has 0 atom stereocenters. The summed E-state index contributed by atoms with van der Waals surface area (Å²) in [4.78, 5) is 0. The van der Waals surface area contributed by atoms with Crippen LogP contribution in [0.15, 0.2) is 0 Å². The van der Waals surface area contributed by atoms with E-state index in [1.165, 1.54) is 25.7 Å². The van der Waals surface area contributed by atoms with Crippen molar-refractivity contribution >= 4 is 34.8 Å². The van der Waals surface area contributed by atoms with E-state index in [2.05, 4.69) is 13.8 Å². The van der Waals surface area contributed by atoms with Crippen LogP contribution in [0, 0.1) is 0 Å². The van der Waals surface area contributed by atoms with Crippen LogP contribution in [0.4, 0.5) is 0 Å². The molecule has 0 rings (SSSR count). The molecule has 0 aliphatic carbocycles. The van der Waals surface area contributed by atoms with E-state index in [9.17, 15) is 0 Å². The van der Waals surface area contributed by atoms with Crippen LogP contribution in [-0.2, 0) is 0 Å². The number of halogens is 3. The van der Waals surface area contributed by atoms with Crippen LogP contribution >= 0.6 is 34.8 Å². The summed E-state index contributed by atoms with van der Waals surface area (Å²) in [5.41, 5.74) is 0. The van der Waals surface area contributed by atoms with Gasteiger partial charge < -0.3 is 0 Å². The molecule has 64 valence electrons. The molecule has 0 saturated carbocycles. The minimum Gasteiger partial charge on any atom is -0.0874 e. The van der Waals surface area contributed by atoms with Crippen molar-refractivity contribution in [2.45, 2.75) is 43.8 Å². The normalized spacial score (nSPS) is 9.00. The zero-order valence-corrected chi connectivity index (χ0v) is 8.81. The summed E-state index contributed by atoms with van der Waals surface area (Å²) in [5, 5.41) is 0. The largest absolute Gasteiger partial charge is 0.180 e. The second-order valence-electron chi connectivity index (χ2n) is 1.95. The number of unbranched alkanes of at least 4 members (excludes halogenated alkanes) is 3. The summed E-state index contributed by atoms with van der Waals surface area (Å²) in [5.74, 6) is 0. The highest BCUT2D eigenvalue weighted by atomic mass is 35.6. The summed E-state index contributed by atoms with van der Waals surface area (Å²) in [7, 11) is 0. The molecule has 0 saturated heterocycles. The number of hydrogen-bond donors (Lipinski definition) is 0. The Morgan fingerprint density at radius 1 is 0.900 bits per heavy atom. The Morgan fingerprint density at radius 2 is 1.10 bits per heavy atom. The Kier molecular flexibility index (Phi) is 16.9. The van der Waals surface area contributed by atoms with E-state index in [-0.39, 0.29) is 0 Å². The number of hydrogen-bond acceptors (Lipinski definition) is 0. The maximum atomic E-state index is 4.81. The predicted molar refractivity (Wildman–Crippen MR) is 51.2 cm³/mol. The molecule has 0 spiro atoms. The van der Waals surface area contributed by atoms with Gasteiger partial charge in [-0.3, -0.25) is 0 Å². The maximum Gasteiger partial charge on any atom is 0.180 e. The minimum absolute atomic E-state index is 0.750. The van der Waals surface area contributed by atoms with E-state index < -0.39 is 4.30 Å². The Morgan fingerprint density at radius 3 is 1.20 bits per heavy atom. The fourth-order valence-electron chi connectivity index (χ4n) is 0.500. The molecule has 0 aliphatic rings. The zero-order chi connectivity index (χ0) is 8.41. The SMILES string of the molecule is CCCCCC.ClC(Cl)Cl. The maximum absolute atomic E-state index is 4.81. The van der Waals surface area contributed by atoms with Crippen molar-refractivity contribution in [3.63, 3.8) is 0 Å². The first-order valence-electron chi connectivity index (χ1n) is 3.57. The highest BCUT2D eigenvalue weighted by Gasteiger charge is 1.79. The van der Waals surface area contributed by atoms with E-state index in [0.29, 0.717) is 0 Å². The average molecular weight is 206 g/mol. The topological polar surface area (TPSA) is 0 Å². The van der Waals surface area contributed by atoms with Crippen LogP contribution in [0.25, 0.3) is 0 Å². The molecule has 0 N–H and O–H groups in total. The molecule has 0 unspecified atom stereocenters. The summed E-state index contributed by atoms with van der Waals surface area (Å²) in [6.45, 7) is 4.46. The average Bonchev–Trinajstić information content (AvgIpc) is 1.82. The Hall–Kier alpha value is 0.870. The second kappa shape index (κ2) is 12.5. The van der Waals surface area contributed by atoms with Gasteiger partial charge in [-0.2, -0.15) is 0 Å². The van der Waals surface area contributed by atoms with Crippen LogP contribution in [0.2, 0.25) is 0 Å². The molecule has 3 heteroatoms. The molecule has 0 heterocycles. The molecule has 0 bridgehead atoms. The van der Waals surface area contributed by atoms with Gasteiger partial charge in [0.25, 0.3) is 0 Å². The zero-order valence-electron chi connectivity index (χ0n) is 6.54. The standard InChI is InChI=1S/C6H14.CHCl3/c1-3-5-6-4-2;2-1(3)4/h3-6H2,1-2H3;1H. The molecule has 0 aromatic heterocycles. The van der Waals surface area contributed by atoms with Gasteiger partial charge in [-0.25, -0.2) is 0 Å². The van der Waals surface area contributed by atoms with Gasteiger partial charge in [0.1, 0.15) is 0 Å². The van der Waals surface area contributed by atoms with E-state index >= 15 is 0 Å². The fourth-order valence-corrected chi connectivity index (χ4v) is 0.500. The number of rotatable bonds is 3. The molecular formula is C7H15Cl3. The quantitative estimate of drug-likeness (QED) is 0.468. The van der Waals surface area contributed by atoms with E-state index in [4.69, 9.17) is 34.8 Å². The molecule has 0 aromatic carbocycles. The fraction of sp³-hybridized carbons (Fsp3) is 1.00. The molecule has 0 nitrogen and oxygen atoms in total. The van der Waals surface area contributed by atoms with Gasteiger partial charge in [0.05, 0.1) is 0 Å². The van der Waals surface area contributed by atoms with Gasteiger partial charge in [0, 0.05) is 0 Å². The predicted octanol–water partition coefficient (Wildman–Crippen LogP) is 4.57. The first-order valence-corrected chi connectivity index (χ1v) is 4.88. The third-order valence-electron chi connectivity index (χ3n) is 0.957. The van der Waals surface area contributed by atoms with Gasteiger partial charge in [-0.1, -0.05) is 74.3 Å². The van der Waals surface area contributed by atoms with Crippen LogP contribution in [0.3, 0.4) is 0 Å². The Bertz CT molecular complexity index is 39.4. The van der Waals surface area contributed by atoms with Gasteiger partial charge >= 0.3 is 0 Å². The van der Waals surface area contributed by atoms with Crippen molar-refractivity contribution in [2.75, 3.05) is 0 Å². The first kappa shape index (κ1) is 13.5. The van der Waals surface area contributed by atoms with Crippen molar-refractivity contribution in [3.05, 3.63) is 0 Å². The van der Waals surface area contributed by atoms with Crippen molar-refractivity contribution in [1.29, 1.82) is 0 Å². The highest BCUT2D eigenvalue weighted by molar-refractivity contribution is 6.63. The lowest BCUT2D eigenvalue weighted by atomic mass is 10.2. The van der Waals surface area contributed by atoms with Gasteiger partial charge in [0.15, 0.2) is 4.30 Å². The van der Waals surface area contributed by atoms with Gasteiger partial charge in [0.2, 0.25) is 0 Å². The molecule has 10 heavy (non-hydrogen) atoms. The minimum atomic E-state index is -0.750. The molecule has 0 aromatic rings. The van der Waals surface area contributed by atoms with Gasteiger partial charge in [-0.05, 0) is 0 Å². The lowest BCUT2D eigenvalue weighted by Crippen LogP contribution is -1.66. The van der Waals surface area contributed by atoms with E-state index in [1.807, 2.05) is 0 Å². The van der Waals surface area contributed by atoms with Crippen molar-refractivity contribution < 1.29 is 0 Å². The summed E-state index contributed by atoms with van der Waals surface area (Å²) in [6, 6.07) is 0. The summed E-state index contributed by atoms with van der Waals surface area (Å²) < 4.78 is -0.750. The molecule has 0 aliphatic heterocycles. The van der Waals surface area contributed by atoms with E-state index in [0.717, 1.165) is 0 Å². The highest BCUT2D eigenvalue weighted by Crippen LogP contribution is 2.03. The summed E-state index contributed by atoms with van der Waals surface area (Å²) >= 11 is 14.4. The van der Waals surface area contributed by atoms with Crippen molar-refractivity contribution in [2.24, 2.45) is 0 Å². The van der Waals surface area contributed by atoms with Crippen LogP contribution in [0.1, 0.15) is 39.5 Å². The monoisotopic (exact) mass is 204 g/mol. The van der Waals surface area contributed by atoms with Crippen LogP contribution < -0.4 is 0 Å². The van der Waals surface area contributed by atoms with Crippen LogP contribution in [0.5, 0.6) is 0 Å². The van der Waals surface area contributed by atoms with Crippen LogP contribution in [-0.4, -0.2) is 4.30 Å². The van der Waals surface area contributed by atoms with Gasteiger partial charge in [-0.15, -0.1) is 0 Å².